The van der Waals surface area contributed by atoms with E-state index in [1.54, 1.807) is 6.07 Å². The van der Waals surface area contributed by atoms with Crippen molar-refractivity contribution in [2.24, 2.45) is 0 Å². The first-order valence-electron chi connectivity index (χ1n) is 6.89. The molecular formula is C14H19ClN2O3. The molecule has 1 saturated heterocycles. The van der Waals surface area contributed by atoms with Crippen molar-refractivity contribution in [3.05, 3.63) is 22.8 Å². The Morgan fingerprint density at radius 1 is 1.55 bits per heavy atom. The van der Waals surface area contributed by atoms with E-state index in [-0.39, 0.29) is 12.0 Å². The number of ether oxygens (including phenoxy) is 2. The van der Waals surface area contributed by atoms with E-state index in [9.17, 15) is 4.79 Å². The summed E-state index contributed by atoms with van der Waals surface area (Å²) in [5, 5.41) is 3.14. The number of rotatable bonds is 5. The van der Waals surface area contributed by atoms with Gasteiger partial charge in [0.05, 0.1) is 18.8 Å². The van der Waals surface area contributed by atoms with Gasteiger partial charge in [0.1, 0.15) is 11.1 Å². The summed E-state index contributed by atoms with van der Waals surface area (Å²) < 4.78 is 11.0. The zero-order chi connectivity index (χ0) is 14.4. The highest BCUT2D eigenvalue weighted by Gasteiger charge is 2.18. The van der Waals surface area contributed by atoms with Crippen LogP contribution in [0.25, 0.3) is 0 Å². The fraction of sp³-hybridized carbons (Fsp3) is 0.571. The second-order valence-electron chi connectivity index (χ2n) is 4.70. The maximum Gasteiger partial charge on any atom is 0.252 e. The zero-order valence-corrected chi connectivity index (χ0v) is 12.3. The summed E-state index contributed by atoms with van der Waals surface area (Å²) in [6.07, 6.45) is 4.12. The lowest BCUT2D eigenvalue weighted by Gasteiger charge is -2.23. The molecule has 6 heteroatoms. The van der Waals surface area contributed by atoms with E-state index in [0.717, 1.165) is 19.3 Å². The summed E-state index contributed by atoms with van der Waals surface area (Å²) in [6, 6.07) is 1.59. The van der Waals surface area contributed by atoms with E-state index >= 15 is 0 Å². The molecule has 2 heterocycles. The van der Waals surface area contributed by atoms with E-state index in [2.05, 4.69) is 10.3 Å². The molecule has 0 aromatic carbocycles. The molecule has 1 N–H and O–H groups in total. The first-order chi connectivity index (χ1) is 9.70. The summed E-state index contributed by atoms with van der Waals surface area (Å²) in [7, 11) is 0. The molecule has 0 atom stereocenters. The van der Waals surface area contributed by atoms with Crippen LogP contribution in [0.4, 0.5) is 0 Å². The van der Waals surface area contributed by atoms with Gasteiger partial charge in [0.15, 0.2) is 0 Å². The highest BCUT2D eigenvalue weighted by molar-refractivity contribution is 6.32. The van der Waals surface area contributed by atoms with Crippen LogP contribution in [0.15, 0.2) is 12.3 Å². The standard InChI is InChI=1S/C14H19ClN2O3/c1-2-5-16-13(18)10-8-12(15)14(17-9-10)20-11-3-6-19-7-4-11/h8-9,11H,2-7H2,1H3,(H,16,18). The van der Waals surface area contributed by atoms with Crippen LogP contribution in [0.5, 0.6) is 5.88 Å². The molecule has 110 valence electrons. The lowest BCUT2D eigenvalue weighted by molar-refractivity contribution is 0.0238. The maximum absolute atomic E-state index is 11.8. The van der Waals surface area contributed by atoms with E-state index in [4.69, 9.17) is 21.1 Å². The SMILES string of the molecule is CCCNC(=O)c1cnc(OC2CCOCC2)c(Cl)c1. The number of aromatic nitrogens is 1. The molecule has 0 saturated carbocycles. The lowest BCUT2D eigenvalue weighted by atomic mass is 10.1. The van der Waals surface area contributed by atoms with Gasteiger partial charge in [-0.25, -0.2) is 4.98 Å². The van der Waals surface area contributed by atoms with Crippen LogP contribution in [0.1, 0.15) is 36.5 Å². The molecule has 0 aliphatic carbocycles. The Hall–Kier alpha value is -1.33. The minimum absolute atomic E-state index is 0.0773. The van der Waals surface area contributed by atoms with Gasteiger partial charge in [-0.05, 0) is 12.5 Å². The van der Waals surface area contributed by atoms with Crippen LogP contribution in [0.3, 0.4) is 0 Å². The fourth-order valence-electron chi connectivity index (χ4n) is 1.93. The van der Waals surface area contributed by atoms with E-state index in [1.807, 2.05) is 6.92 Å². The van der Waals surface area contributed by atoms with E-state index in [0.29, 0.717) is 36.2 Å². The van der Waals surface area contributed by atoms with Crippen LogP contribution in [0, 0.1) is 0 Å². The number of hydrogen-bond acceptors (Lipinski definition) is 4. The van der Waals surface area contributed by atoms with Crippen LogP contribution in [-0.4, -0.2) is 36.8 Å². The number of halogens is 1. The summed E-state index contributed by atoms with van der Waals surface area (Å²) >= 11 is 6.13. The minimum Gasteiger partial charge on any atom is -0.473 e. The quantitative estimate of drug-likeness (QED) is 0.907. The second kappa shape index (κ2) is 7.45. The monoisotopic (exact) mass is 298 g/mol. The number of hydrogen-bond donors (Lipinski definition) is 1. The molecule has 2 rings (SSSR count). The van der Waals surface area contributed by atoms with Crippen LogP contribution in [-0.2, 0) is 4.74 Å². The van der Waals surface area contributed by atoms with Gasteiger partial charge < -0.3 is 14.8 Å². The fourth-order valence-corrected chi connectivity index (χ4v) is 2.14. The molecule has 1 aromatic heterocycles. The van der Waals surface area contributed by atoms with Crippen molar-refractivity contribution in [3.8, 4) is 5.88 Å². The van der Waals surface area contributed by atoms with Gasteiger partial charge in [-0.15, -0.1) is 0 Å². The molecule has 0 radical (unpaired) electrons. The topological polar surface area (TPSA) is 60.5 Å². The van der Waals surface area contributed by atoms with Crippen molar-refractivity contribution < 1.29 is 14.3 Å². The predicted molar refractivity (Wildman–Crippen MR) is 76.3 cm³/mol. The Morgan fingerprint density at radius 3 is 2.95 bits per heavy atom. The average Bonchev–Trinajstić information content (AvgIpc) is 2.48. The Labute approximate surface area is 123 Å². The highest BCUT2D eigenvalue weighted by Crippen LogP contribution is 2.25. The van der Waals surface area contributed by atoms with Crippen LogP contribution >= 0.6 is 11.6 Å². The van der Waals surface area contributed by atoms with Gasteiger partial charge in [-0.2, -0.15) is 0 Å². The smallest absolute Gasteiger partial charge is 0.252 e. The summed E-state index contributed by atoms with van der Waals surface area (Å²) in [5.74, 6) is 0.212. The molecule has 1 aromatic rings. The van der Waals surface area contributed by atoms with Crippen molar-refractivity contribution in [3.63, 3.8) is 0 Å². The Kier molecular flexibility index (Phi) is 5.61. The number of nitrogens with one attached hydrogen (secondary N) is 1. The van der Waals surface area contributed by atoms with Gasteiger partial charge in [-0.1, -0.05) is 18.5 Å². The minimum atomic E-state index is -0.168. The average molecular weight is 299 g/mol. The molecule has 5 nitrogen and oxygen atoms in total. The molecule has 0 spiro atoms. The third-order valence-electron chi connectivity index (χ3n) is 3.05. The maximum atomic E-state index is 11.8. The van der Waals surface area contributed by atoms with Crippen molar-refractivity contribution in [1.82, 2.24) is 10.3 Å². The molecule has 0 unspecified atom stereocenters. The number of nitrogens with zero attached hydrogens (tertiary/aromatic N) is 1. The highest BCUT2D eigenvalue weighted by atomic mass is 35.5. The van der Waals surface area contributed by atoms with Crippen molar-refractivity contribution in [1.29, 1.82) is 0 Å². The van der Waals surface area contributed by atoms with Crippen molar-refractivity contribution in [2.45, 2.75) is 32.3 Å². The van der Waals surface area contributed by atoms with E-state index < -0.39 is 0 Å². The number of carbonyl (C=O) groups excluding carboxylic acids is 1. The van der Waals surface area contributed by atoms with Crippen LogP contribution in [0.2, 0.25) is 5.02 Å². The van der Waals surface area contributed by atoms with Crippen molar-refractivity contribution >= 4 is 17.5 Å². The second-order valence-corrected chi connectivity index (χ2v) is 5.10. The Morgan fingerprint density at radius 2 is 2.30 bits per heavy atom. The molecule has 1 aliphatic heterocycles. The normalized spacial score (nSPS) is 15.9. The summed E-state index contributed by atoms with van der Waals surface area (Å²) in [4.78, 5) is 15.9. The predicted octanol–water partition coefficient (Wildman–Crippen LogP) is 2.43. The zero-order valence-electron chi connectivity index (χ0n) is 11.5. The Bertz CT molecular complexity index is 462. The molecule has 1 aliphatic rings. The third kappa shape index (κ3) is 4.08. The molecule has 1 amide bonds. The molecule has 20 heavy (non-hydrogen) atoms. The summed E-state index contributed by atoms with van der Waals surface area (Å²) in [6.45, 7) is 4.02. The number of pyridine rings is 1. The molecular weight excluding hydrogens is 280 g/mol. The lowest BCUT2D eigenvalue weighted by Crippen LogP contribution is -2.27. The van der Waals surface area contributed by atoms with Gasteiger partial charge in [-0.3, -0.25) is 4.79 Å². The van der Waals surface area contributed by atoms with Gasteiger partial charge in [0, 0.05) is 25.6 Å². The third-order valence-corrected chi connectivity index (χ3v) is 3.32. The van der Waals surface area contributed by atoms with Crippen molar-refractivity contribution in [2.75, 3.05) is 19.8 Å². The first-order valence-corrected chi connectivity index (χ1v) is 7.26. The Balaban J connectivity index is 1.99. The van der Waals surface area contributed by atoms with E-state index in [1.165, 1.54) is 6.20 Å². The molecule has 0 bridgehead atoms. The summed E-state index contributed by atoms with van der Waals surface area (Å²) in [5.41, 5.74) is 0.447. The van der Waals surface area contributed by atoms with Crippen LogP contribution < -0.4 is 10.1 Å². The van der Waals surface area contributed by atoms with Gasteiger partial charge in [0.2, 0.25) is 5.88 Å². The van der Waals surface area contributed by atoms with Gasteiger partial charge in [0.25, 0.3) is 5.91 Å². The first kappa shape index (κ1) is 15.1. The van der Waals surface area contributed by atoms with Gasteiger partial charge >= 0.3 is 0 Å². The number of carbonyl (C=O) groups is 1. The largest absolute Gasteiger partial charge is 0.473 e. The number of amides is 1. The molecule has 1 fully saturated rings.